The van der Waals surface area contributed by atoms with Crippen LogP contribution in [-0.4, -0.2) is 37.2 Å². The van der Waals surface area contributed by atoms with Gasteiger partial charge in [-0.05, 0) is 77.0 Å². The minimum Gasteiger partial charge on any atom is -0.462 e. The molecule has 364 valence electrons. The highest BCUT2D eigenvalue weighted by Crippen LogP contribution is 2.16. The van der Waals surface area contributed by atoms with E-state index in [1.165, 1.54) is 141 Å². The van der Waals surface area contributed by atoms with Crippen molar-refractivity contribution in [3.05, 3.63) is 60.8 Å². The Balaban J connectivity index is 4.38. The third-order valence-electron chi connectivity index (χ3n) is 11.5. The van der Waals surface area contributed by atoms with Crippen LogP contribution >= 0.6 is 0 Å². The molecular weight excluding hydrogens is 781 g/mol. The van der Waals surface area contributed by atoms with Crippen LogP contribution in [0.2, 0.25) is 0 Å². The molecule has 0 aromatic rings. The molecule has 1 unspecified atom stereocenters. The lowest BCUT2D eigenvalue weighted by atomic mass is 10.0. The molecule has 6 heteroatoms. The quantitative estimate of drug-likeness (QED) is 0.0262. The maximum Gasteiger partial charge on any atom is 0.306 e. The Morgan fingerprint density at radius 2 is 0.635 bits per heavy atom. The zero-order valence-corrected chi connectivity index (χ0v) is 41.6. The summed E-state index contributed by atoms with van der Waals surface area (Å²) in [5.74, 6) is -0.948. The van der Waals surface area contributed by atoms with Gasteiger partial charge in [0.25, 0.3) is 0 Å². The van der Waals surface area contributed by atoms with E-state index in [9.17, 15) is 14.4 Å². The van der Waals surface area contributed by atoms with Crippen LogP contribution in [-0.2, 0) is 28.6 Å². The van der Waals surface area contributed by atoms with Gasteiger partial charge in [-0.1, -0.05) is 229 Å². The second kappa shape index (κ2) is 51.7. The Morgan fingerprint density at radius 1 is 0.333 bits per heavy atom. The van der Waals surface area contributed by atoms with Crippen LogP contribution in [0, 0.1) is 0 Å². The van der Waals surface area contributed by atoms with Gasteiger partial charge in [-0.15, -0.1) is 0 Å². The van der Waals surface area contributed by atoms with Gasteiger partial charge < -0.3 is 14.2 Å². The number of ether oxygens (including phenoxy) is 3. The lowest BCUT2D eigenvalue weighted by Crippen LogP contribution is -2.30. The molecule has 0 aromatic carbocycles. The SMILES string of the molecule is CC/C=C\C/C=C\C/C=C\CCCC(=O)OCC(COC(=O)CCCCCCCCC/C=C\C/C=C\CCCCC)OC(=O)CCCCCCCCCCCCCCCCCCC. The Labute approximate surface area is 390 Å². The number of esters is 3. The Kier molecular flexibility index (Phi) is 49.4. The fourth-order valence-corrected chi connectivity index (χ4v) is 7.50. The summed E-state index contributed by atoms with van der Waals surface area (Å²) in [4.78, 5) is 38.0. The van der Waals surface area contributed by atoms with Crippen LogP contribution in [0.3, 0.4) is 0 Å². The molecule has 0 saturated heterocycles. The molecule has 0 radical (unpaired) electrons. The summed E-state index contributed by atoms with van der Waals surface area (Å²) in [6, 6.07) is 0. The summed E-state index contributed by atoms with van der Waals surface area (Å²) in [7, 11) is 0. The molecule has 0 heterocycles. The van der Waals surface area contributed by atoms with Crippen molar-refractivity contribution in [3.63, 3.8) is 0 Å². The van der Waals surface area contributed by atoms with Gasteiger partial charge in [0.05, 0.1) is 0 Å². The largest absolute Gasteiger partial charge is 0.462 e. The van der Waals surface area contributed by atoms with Crippen molar-refractivity contribution in [2.75, 3.05) is 13.2 Å². The molecule has 6 nitrogen and oxygen atoms in total. The third kappa shape index (κ3) is 50.0. The zero-order valence-electron chi connectivity index (χ0n) is 41.6. The van der Waals surface area contributed by atoms with E-state index < -0.39 is 6.10 Å². The predicted octanol–water partition coefficient (Wildman–Crippen LogP) is 17.6. The first-order valence-electron chi connectivity index (χ1n) is 26.8. The van der Waals surface area contributed by atoms with Crippen LogP contribution in [0.1, 0.15) is 265 Å². The van der Waals surface area contributed by atoms with Crippen molar-refractivity contribution < 1.29 is 28.6 Å². The molecule has 0 aliphatic rings. The van der Waals surface area contributed by atoms with Crippen molar-refractivity contribution in [2.45, 2.75) is 271 Å². The number of unbranched alkanes of at least 4 members (excludes halogenated alkanes) is 27. The molecule has 63 heavy (non-hydrogen) atoms. The van der Waals surface area contributed by atoms with E-state index in [1.807, 2.05) is 0 Å². The summed E-state index contributed by atoms with van der Waals surface area (Å²) >= 11 is 0. The van der Waals surface area contributed by atoms with Crippen LogP contribution in [0.5, 0.6) is 0 Å². The van der Waals surface area contributed by atoms with Crippen LogP contribution < -0.4 is 0 Å². The van der Waals surface area contributed by atoms with E-state index in [-0.39, 0.29) is 37.5 Å². The average molecular weight is 881 g/mol. The molecule has 0 aliphatic heterocycles. The Bertz CT molecular complexity index is 1150. The van der Waals surface area contributed by atoms with Crippen LogP contribution in [0.15, 0.2) is 60.8 Å². The Morgan fingerprint density at radius 3 is 1.06 bits per heavy atom. The maximum atomic E-state index is 12.8. The number of carbonyl (C=O) groups excluding carboxylic acids is 3. The van der Waals surface area contributed by atoms with E-state index >= 15 is 0 Å². The second-order valence-corrected chi connectivity index (χ2v) is 17.8. The highest BCUT2D eigenvalue weighted by Gasteiger charge is 2.19. The lowest BCUT2D eigenvalue weighted by molar-refractivity contribution is -0.167. The number of rotatable bonds is 48. The molecule has 0 N–H and O–H groups in total. The molecule has 0 fully saturated rings. The number of allylic oxidation sites excluding steroid dienone is 10. The summed E-state index contributed by atoms with van der Waals surface area (Å²) in [5, 5.41) is 0. The molecular formula is C57H100O6. The summed E-state index contributed by atoms with van der Waals surface area (Å²) in [5.41, 5.74) is 0. The average Bonchev–Trinajstić information content (AvgIpc) is 3.28. The van der Waals surface area contributed by atoms with Gasteiger partial charge in [-0.3, -0.25) is 14.4 Å². The molecule has 0 rings (SSSR count). The van der Waals surface area contributed by atoms with Gasteiger partial charge in [0.15, 0.2) is 6.10 Å². The minimum atomic E-state index is -0.795. The van der Waals surface area contributed by atoms with Gasteiger partial charge >= 0.3 is 17.9 Å². The van der Waals surface area contributed by atoms with Crippen molar-refractivity contribution in [1.29, 1.82) is 0 Å². The number of hydrogen-bond acceptors (Lipinski definition) is 6. The van der Waals surface area contributed by atoms with Crippen molar-refractivity contribution in [2.24, 2.45) is 0 Å². The smallest absolute Gasteiger partial charge is 0.306 e. The zero-order chi connectivity index (χ0) is 45.8. The van der Waals surface area contributed by atoms with E-state index in [1.54, 1.807) is 0 Å². The second-order valence-electron chi connectivity index (χ2n) is 17.8. The summed E-state index contributed by atoms with van der Waals surface area (Å²) in [6.07, 6.45) is 63.6. The van der Waals surface area contributed by atoms with Gasteiger partial charge in [0, 0.05) is 19.3 Å². The first kappa shape index (κ1) is 60.1. The fraction of sp³-hybridized carbons (Fsp3) is 0.772. The molecule has 0 bridgehead atoms. The van der Waals surface area contributed by atoms with Gasteiger partial charge in [-0.25, -0.2) is 0 Å². The van der Waals surface area contributed by atoms with Gasteiger partial charge in [0.2, 0.25) is 0 Å². The normalized spacial score (nSPS) is 12.5. The van der Waals surface area contributed by atoms with E-state index in [2.05, 4.69) is 81.5 Å². The standard InChI is InChI=1S/C57H100O6/c1-4-7-10-13-16-19-22-24-26-28-30-32-35-38-41-44-47-50-56(59)62-53-54(52-61-55(58)49-46-43-40-37-34-21-18-15-12-9-6-3)63-57(60)51-48-45-42-39-36-33-31-29-27-25-23-20-17-14-11-8-5-2/h9,12,16,18-19,21,24,26,37,40,54H,4-8,10-11,13-15,17,20,22-23,25,27-36,38-39,41-53H2,1-3H3/b12-9-,19-16-,21-18-,26-24-,40-37-. The first-order chi connectivity index (χ1) is 31.0. The fourth-order valence-electron chi connectivity index (χ4n) is 7.50. The predicted molar refractivity (Wildman–Crippen MR) is 270 cm³/mol. The number of carbonyl (C=O) groups is 3. The topological polar surface area (TPSA) is 78.9 Å². The highest BCUT2D eigenvalue weighted by molar-refractivity contribution is 5.71. The van der Waals surface area contributed by atoms with Crippen LogP contribution in [0.25, 0.3) is 0 Å². The molecule has 1 atom stereocenters. The number of hydrogen-bond donors (Lipinski definition) is 0. The van der Waals surface area contributed by atoms with Crippen molar-refractivity contribution in [3.8, 4) is 0 Å². The summed E-state index contributed by atoms with van der Waals surface area (Å²) < 4.78 is 16.8. The van der Waals surface area contributed by atoms with Gasteiger partial charge in [0.1, 0.15) is 13.2 Å². The van der Waals surface area contributed by atoms with E-state index in [0.717, 1.165) is 77.0 Å². The van der Waals surface area contributed by atoms with Gasteiger partial charge in [-0.2, -0.15) is 0 Å². The lowest BCUT2D eigenvalue weighted by Gasteiger charge is -2.18. The molecule has 0 aromatic heterocycles. The third-order valence-corrected chi connectivity index (χ3v) is 11.5. The molecule has 0 aliphatic carbocycles. The maximum absolute atomic E-state index is 12.8. The van der Waals surface area contributed by atoms with Crippen LogP contribution in [0.4, 0.5) is 0 Å². The molecule has 0 amide bonds. The van der Waals surface area contributed by atoms with Crippen molar-refractivity contribution >= 4 is 17.9 Å². The Hall–Kier alpha value is -2.89. The molecule has 0 saturated carbocycles. The highest BCUT2D eigenvalue weighted by atomic mass is 16.6. The monoisotopic (exact) mass is 881 g/mol. The summed E-state index contributed by atoms with van der Waals surface area (Å²) in [6.45, 7) is 6.46. The molecule has 0 spiro atoms. The first-order valence-corrected chi connectivity index (χ1v) is 26.8. The van der Waals surface area contributed by atoms with Crippen molar-refractivity contribution in [1.82, 2.24) is 0 Å². The minimum absolute atomic E-state index is 0.0922. The van der Waals surface area contributed by atoms with E-state index in [4.69, 9.17) is 14.2 Å². The van der Waals surface area contributed by atoms with E-state index in [0.29, 0.717) is 19.3 Å².